The molecule has 0 aliphatic rings. The molecular weight excluding hydrogens is 114 g/mol. The Morgan fingerprint density at radius 3 is 2.67 bits per heavy atom. The maximum absolute atomic E-state index is 6.66. The van der Waals surface area contributed by atoms with Gasteiger partial charge in [0.1, 0.15) is 0 Å². The normalized spacial score (nSPS) is 9.00. The molecule has 1 aromatic rings. The van der Waals surface area contributed by atoms with Gasteiger partial charge in [-0.2, -0.15) is 0 Å². The zero-order valence-electron chi connectivity index (χ0n) is 5.42. The minimum absolute atomic E-state index is 0.590. The third-order valence-electron chi connectivity index (χ3n) is 1.31. The molecule has 0 radical (unpaired) electrons. The Labute approximate surface area is 53.8 Å². The molecule has 0 unspecified atom stereocenters. The number of imidazole rings is 1. The van der Waals surface area contributed by atoms with Crippen LogP contribution in [0.2, 0.25) is 0 Å². The van der Waals surface area contributed by atoms with Gasteiger partial charge in [0.2, 0.25) is 5.82 Å². The maximum atomic E-state index is 6.66. The zero-order valence-corrected chi connectivity index (χ0v) is 5.42. The van der Waals surface area contributed by atoms with Crippen molar-refractivity contribution in [3.05, 3.63) is 23.4 Å². The molecule has 0 amide bonds. The Kier molecular flexibility index (Phi) is 1.23. The van der Waals surface area contributed by atoms with Gasteiger partial charge in [-0.25, -0.2) is 4.98 Å². The highest BCUT2D eigenvalue weighted by Crippen LogP contribution is 2.10. The van der Waals surface area contributed by atoms with Crippen LogP contribution in [0.25, 0.3) is 4.85 Å². The topological polar surface area (TPSA) is 22.2 Å². The molecule has 0 saturated carbocycles. The lowest BCUT2D eigenvalue weighted by Gasteiger charge is -1.89. The largest absolute Gasteiger partial charge is 0.363 e. The first-order chi connectivity index (χ1) is 4.25. The second-order valence-electron chi connectivity index (χ2n) is 1.83. The van der Waals surface area contributed by atoms with Gasteiger partial charge in [-0.15, -0.1) is 0 Å². The number of nitrogens with zero attached hydrogens (tertiary/aromatic N) is 3. The van der Waals surface area contributed by atoms with E-state index in [4.69, 9.17) is 6.57 Å². The third-order valence-corrected chi connectivity index (χ3v) is 1.31. The molecule has 0 aromatic carbocycles. The number of aromatic nitrogens is 2. The van der Waals surface area contributed by atoms with Crippen LogP contribution in [0.1, 0.15) is 5.82 Å². The van der Waals surface area contributed by atoms with Gasteiger partial charge in [-0.3, -0.25) is 4.57 Å². The lowest BCUT2D eigenvalue weighted by Crippen LogP contribution is -1.88. The molecular formula is C6H7N3. The molecule has 0 aliphatic heterocycles. The fraction of sp³-hybridized carbons (Fsp3) is 0.333. The first-order valence-electron chi connectivity index (χ1n) is 2.61. The summed E-state index contributed by atoms with van der Waals surface area (Å²) in [7, 11) is 1.83. The Bertz CT molecular complexity index is 254. The summed E-state index contributed by atoms with van der Waals surface area (Å²) in [5.74, 6) is 1.47. The molecule has 0 bridgehead atoms. The van der Waals surface area contributed by atoms with Crippen molar-refractivity contribution in [2.75, 3.05) is 0 Å². The van der Waals surface area contributed by atoms with Crippen LogP contribution in [-0.4, -0.2) is 9.55 Å². The van der Waals surface area contributed by atoms with Gasteiger partial charge in [0, 0.05) is 6.92 Å². The second-order valence-corrected chi connectivity index (χ2v) is 1.83. The smallest absolute Gasteiger partial charge is 0.249 e. The molecule has 0 spiro atoms. The van der Waals surface area contributed by atoms with E-state index in [0.717, 1.165) is 5.82 Å². The summed E-state index contributed by atoms with van der Waals surface area (Å²) in [5, 5.41) is 0. The summed E-state index contributed by atoms with van der Waals surface area (Å²) in [6, 6.07) is 0. The molecule has 3 nitrogen and oxygen atoms in total. The van der Waals surface area contributed by atoms with Crippen molar-refractivity contribution in [1.82, 2.24) is 9.55 Å². The van der Waals surface area contributed by atoms with Crippen LogP contribution in [0.15, 0.2) is 6.20 Å². The molecule has 9 heavy (non-hydrogen) atoms. The number of aryl methyl sites for hydroxylation is 1. The SMILES string of the molecule is [C-]#[N+]c1cnc(C)n1C. The van der Waals surface area contributed by atoms with Crippen LogP contribution < -0.4 is 0 Å². The van der Waals surface area contributed by atoms with Crippen LogP contribution in [0.5, 0.6) is 0 Å². The minimum Gasteiger partial charge on any atom is -0.363 e. The maximum Gasteiger partial charge on any atom is 0.249 e. The van der Waals surface area contributed by atoms with E-state index in [1.165, 1.54) is 0 Å². The summed E-state index contributed by atoms with van der Waals surface area (Å²) in [6.45, 7) is 8.53. The van der Waals surface area contributed by atoms with E-state index in [1.807, 2.05) is 14.0 Å². The van der Waals surface area contributed by atoms with E-state index in [9.17, 15) is 0 Å². The fourth-order valence-corrected chi connectivity index (χ4v) is 0.594. The van der Waals surface area contributed by atoms with Crippen LogP contribution >= 0.6 is 0 Å². The number of hydrogen-bond donors (Lipinski definition) is 0. The van der Waals surface area contributed by atoms with Gasteiger partial charge in [-0.1, -0.05) is 6.57 Å². The zero-order chi connectivity index (χ0) is 6.85. The molecule has 1 aromatic heterocycles. The van der Waals surface area contributed by atoms with Gasteiger partial charge in [0.05, 0.1) is 13.2 Å². The Morgan fingerprint density at radius 1 is 1.78 bits per heavy atom. The van der Waals surface area contributed by atoms with E-state index in [0.29, 0.717) is 5.82 Å². The van der Waals surface area contributed by atoms with Gasteiger partial charge < -0.3 is 4.85 Å². The Morgan fingerprint density at radius 2 is 2.44 bits per heavy atom. The lowest BCUT2D eigenvalue weighted by molar-refractivity contribution is 0.871. The van der Waals surface area contributed by atoms with Gasteiger partial charge in [0.25, 0.3) is 0 Å². The van der Waals surface area contributed by atoms with Crippen molar-refractivity contribution in [2.24, 2.45) is 7.05 Å². The lowest BCUT2D eigenvalue weighted by atomic mass is 10.7. The number of rotatable bonds is 0. The standard InChI is InChI=1S/C6H7N3/c1-5-8-4-6(7-2)9(5)3/h4H,1,3H3. The first-order valence-corrected chi connectivity index (χ1v) is 2.61. The predicted octanol–water partition coefficient (Wildman–Crippen LogP) is 1.28. The minimum atomic E-state index is 0.590. The average molecular weight is 121 g/mol. The quantitative estimate of drug-likeness (QED) is 0.474. The van der Waals surface area contributed by atoms with E-state index in [-0.39, 0.29) is 0 Å². The summed E-state index contributed by atoms with van der Waals surface area (Å²) in [5.41, 5.74) is 0. The van der Waals surface area contributed by atoms with Gasteiger partial charge >= 0.3 is 0 Å². The van der Waals surface area contributed by atoms with Gasteiger partial charge in [-0.05, 0) is 0 Å². The van der Waals surface area contributed by atoms with E-state index in [2.05, 4.69) is 9.83 Å². The average Bonchev–Trinajstić information content (AvgIpc) is 2.15. The van der Waals surface area contributed by atoms with Crippen molar-refractivity contribution in [2.45, 2.75) is 6.92 Å². The number of hydrogen-bond acceptors (Lipinski definition) is 1. The molecule has 46 valence electrons. The molecule has 1 heterocycles. The Balaban J connectivity index is 3.24. The molecule has 3 heteroatoms. The van der Waals surface area contributed by atoms with Crippen LogP contribution in [-0.2, 0) is 7.05 Å². The van der Waals surface area contributed by atoms with Crippen molar-refractivity contribution in [3.63, 3.8) is 0 Å². The highest BCUT2D eigenvalue weighted by molar-refractivity contribution is 5.34. The highest BCUT2D eigenvalue weighted by atomic mass is 15.1. The summed E-state index contributed by atoms with van der Waals surface area (Å²) in [6.07, 6.45) is 1.57. The predicted molar refractivity (Wildman–Crippen MR) is 34.2 cm³/mol. The molecule has 0 N–H and O–H groups in total. The summed E-state index contributed by atoms with van der Waals surface area (Å²) >= 11 is 0. The van der Waals surface area contributed by atoms with Crippen molar-refractivity contribution in [1.29, 1.82) is 0 Å². The molecule has 0 fully saturated rings. The van der Waals surface area contributed by atoms with E-state index >= 15 is 0 Å². The van der Waals surface area contributed by atoms with Crippen molar-refractivity contribution >= 4 is 5.82 Å². The first kappa shape index (κ1) is 5.83. The fourth-order valence-electron chi connectivity index (χ4n) is 0.594. The highest BCUT2D eigenvalue weighted by Gasteiger charge is 1.99. The van der Waals surface area contributed by atoms with Crippen LogP contribution in [0.4, 0.5) is 5.82 Å². The van der Waals surface area contributed by atoms with Gasteiger partial charge in [0.15, 0.2) is 5.82 Å². The van der Waals surface area contributed by atoms with Crippen LogP contribution in [0, 0.1) is 13.5 Å². The molecule has 0 atom stereocenters. The third kappa shape index (κ3) is 0.789. The second kappa shape index (κ2) is 1.90. The van der Waals surface area contributed by atoms with Crippen molar-refractivity contribution < 1.29 is 0 Å². The Hall–Kier alpha value is -1.30. The van der Waals surface area contributed by atoms with E-state index < -0.39 is 0 Å². The summed E-state index contributed by atoms with van der Waals surface area (Å²) in [4.78, 5) is 7.18. The van der Waals surface area contributed by atoms with E-state index in [1.54, 1.807) is 10.8 Å². The van der Waals surface area contributed by atoms with Crippen molar-refractivity contribution in [3.8, 4) is 0 Å². The molecule has 0 saturated heterocycles. The molecule has 0 aliphatic carbocycles. The summed E-state index contributed by atoms with van der Waals surface area (Å²) < 4.78 is 1.76. The van der Waals surface area contributed by atoms with Crippen LogP contribution in [0.3, 0.4) is 0 Å². The monoisotopic (exact) mass is 121 g/mol. The molecule has 1 rings (SSSR count).